The molecule has 6 nitrogen and oxygen atoms in total. The minimum Gasteiger partial charge on any atom is -0.457 e. The molecule has 0 fully saturated rings. The van der Waals surface area contributed by atoms with Gasteiger partial charge in [-0.15, -0.1) is 0 Å². The molecule has 1 atom stereocenters. The molecule has 0 saturated heterocycles. The van der Waals surface area contributed by atoms with Crippen molar-refractivity contribution in [3.05, 3.63) is 52.8 Å². The van der Waals surface area contributed by atoms with E-state index in [1.165, 1.54) is 24.5 Å². The lowest BCUT2D eigenvalue weighted by atomic mass is 10.1. The number of nitrogens with zero attached hydrogens (tertiary/aromatic N) is 1. The molecule has 8 heteroatoms. The Hall–Kier alpha value is -2.47. The van der Waals surface area contributed by atoms with E-state index in [4.69, 9.17) is 14.7 Å². The van der Waals surface area contributed by atoms with Gasteiger partial charge in [-0.1, -0.05) is 0 Å². The Bertz CT molecular complexity index is 1050. The fourth-order valence-corrected chi connectivity index (χ4v) is 4.61. The van der Waals surface area contributed by atoms with E-state index in [9.17, 15) is 12.8 Å². The van der Waals surface area contributed by atoms with E-state index in [2.05, 4.69) is 5.32 Å². The minimum atomic E-state index is -3.43. The molecule has 0 bridgehead atoms. The molecule has 0 radical (unpaired) electrons. The highest BCUT2D eigenvalue weighted by molar-refractivity contribution is 7.90. The fraction of sp³-hybridized carbons (Fsp3) is 0.381. The maximum atomic E-state index is 13.7. The van der Waals surface area contributed by atoms with Crippen LogP contribution < -0.4 is 10.1 Å². The van der Waals surface area contributed by atoms with E-state index in [1.807, 2.05) is 6.07 Å². The van der Waals surface area contributed by atoms with Gasteiger partial charge in [-0.25, -0.2) is 12.8 Å². The van der Waals surface area contributed by atoms with Crippen LogP contribution in [0.15, 0.2) is 35.2 Å². The Morgan fingerprint density at radius 1 is 1.31 bits per heavy atom. The van der Waals surface area contributed by atoms with Gasteiger partial charge in [0.05, 0.1) is 16.5 Å². The summed E-state index contributed by atoms with van der Waals surface area (Å²) in [5.74, 6) is 0.108. The normalized spacial score (nSPS) is 15.7. The molecular formula is C21H23FN2O4S. The predicted octanol–water partition coefficient (Wildman–Crippen LogP) is 3.51. The third kappa shape index (κ3) is 4.93. The van der Waals surface area contributed by atoms with E-state index < -0.39 is 15.7 Å². The molecule has 1 N–H and O–H groups in total. The molecule has 1 unspecified atom stereocenters. The van der Waals surface area contributed by atoms with E-state index in [1.54, 1.807) is 13.2 Å². The summed E-state index contributed by atoms with van der Waals surface area (Å²) in [4.78, 5) is 0.276. The van der Waals surface area contributed by atoms with Crippen molar-refractivity contribution in [3.63, 3.8) is 0 Å². The second-order valence-electron chi connectivity index (χ2n) is 7.01. The van der Waals surface area contributed by atoms with Gasteiger partial charge in [0.15, 0.2) is 9.84 Å². The van der Waals surface area contributed by atoms with Crippen LogP contribution in [-0.2, 0) is 21.0 Å². The van der Waals surface area contributed by atoms with Crippen LogP contribution >= 0.6 is 0 Å². The Morgan fingerprint density at radius 3 is 2.79 bits per heavy atom. The van der Waals surface area contributed by atoms with Gasteiger partial charge in [-0.3, -0.25) is 0 Å². The van der Waals surface area contributed by atoms with Gasteiger partial charge in [0.2, 0.25) is 0 Å². The number of sulfone groups is 1. The van der Waals surface area contributed by atoms with Crippen molar-refractivity contribution in [1.29, 1.82) is 5.26 Å². The third-order valence-electron chi connectivity index (χ3n) is 4.85. The highest BCUT2D eigenvalue weighted by Crippen LogP contribution is 2.42. The van der Waals surface area contributed by atoms with Crippen molar-refractivity contribution in [2.24, 2.45) is 0 Å². The van der Waals surface area contributed by atoms with E-state index >= 15 is 0 Å². The average molecular weight is 418 g/mol. The maximum Gasteiger partial charge on any atom is 0.175 e. The minimum absolute atomic E-state index is 0.114. The molecule has 2 aromatic rings. The molecule has 29 heavy (non-hydrogen) atoms. The first-order valence-corrected chi connectivity index (χ1v) is 11.2. The number of ether oxygens (including phenoxy) is 2. The van der Waals surface area contributed by atoms with Crippen molar-refractivity contribution >= 4 is 9.84 Å². The monoisotopic (exact) mass is 418 g/mol. The SMILES string of the molecule is COCCCNC1CCc2c(Oc3cc(F)cc(C#N)c3)ccc(S(C)(=O)=O)c21. The zero-order valence-electron chi connectivity index (χ0n) is 16.4. The molecule has 0 aliphatic heterocycles. The van der Waals surface area contributed by atoms with Crippen molar-refractivity contribution in [3.8, 4) is 17.6 Å². The lowest BCUT2D eigenvalue weighted by Crippen LogP contribution is -2.23. The van der Waals surface area contributed by atoms with Crippen LogP contribution in [0.5, 0.6) is 11.5 Å². The summed E-state index contributed by atoms with van der Waals surface area (Å²) in [5, 5.41) is 12.4. The molecule has 3 rings (SSSR count). The summed E-state index contributed by atoms with van der Waals surface area (Å²) in [6.07, 6.45) is 3.37. The average Bonchev–Trinajstić information content (AvgIpc) is 3.08. The van der Waals surface area contributed by atoms with E-state index in [0.29, 0.717) is 30.9 Å². The van der Waals surface area contributed by atoms with Gasteiger partial charge in [-0.2, -0.15) is 5.26 Å². The number of methoxy groups -OCH3 is 1. The molecule has 1 aliphatic carbocycles. The van der Waals surface area contributed by atoms with Gasteiger partial charge < -0.3 is 14.8 Å². The largest absolute Gasteiger partial charge is 0.457 e. The molecular weight excluding hydrogens is 395 g/mol. The second kappa shape index (κ2) is 8.91. The lowest BCUT2D eigenvalue weighted by molar-refractivity contribution is 0.193. The fourth-order valence-electron chi connectivity index (χ4n) is 3.63. The van der Waals surface area contributed by atoms with Crippen molar-refractivity contribution in [2.75, 3.05) is 26.5 Å². The van der Waals surface area contributed by atoms with Crippen molar-refractivity contribution < 1.29 is 22.3 Å². The molecule has 0 aromatic heterocycles. The number of halogens is 1. The van der Waals surface area contributed by atoms with Crippen LogP contribution in [0.1, 0.15) is 35.6 Å². The molecule has 0 spiro atoms. The zero-order valence-corrected chi connectivity index (χ0v) is 17.2. The lowest BCUT2D eigenvalue weighted by Gasteiger charge is -2.18. The molecule has 2 aromatic carbocycles. The topological polar surface area (TPSA) is 88.4 Å². The van der Waals surface area contributed by atoms with Gasteiger partial charge in [0.25, 0.3) is 0 Å². The summed E-state index contributed by atoms with van der Waals surface area (Å²) < 4.78 is 49.3. The first-order valence-electron chi connectivity index (χ1n) is 9.30. The first kappa shape index (κ1) is 21.2. The van der Waals surface area contributed by atoms with Gasteiger partial charge in [0, 0.05) is 37.6 Å². The number of fused-ring (bicyclic) bond motifs is 1. The Morgan fingerprint density at radius 2 is 2.10 bits per heavy atom. The summed E-state index contributed by atoms with van der Waals surface area (Å²) in [7, 11) is -1.79. The van der Waals surface area contributed by atoms with Gasteiger partial charge in [0.1, 0.15) is 17.3 Å². The zero-order chi connectivity index (χ0) is 21.0. The maximum absolute atomic E-state index is 13.7. The van der Waals surface area contributed by atoms with Crippen LogP contribution in [0.25, 0.3) is 0 Å². The standard InChI is InChI=1S/C21H23FN2O4S/c1-27-9-3-8-24-18-5-4-17-19(6-7-20(21(17)18)29(2,25)26)28-16-11-14(13-23)10-15(22)12-16/h6-7,10-12,18,24H,3-5,8-9H2,1-2H3. The summed E-state index contributed by atoms with van der Waals surface area (Å²) in [5.41, 5.74) is 1.65. The Kier molecular flexibility index (Phi) is 6.52. The van der Waals surface area contributed by atoms with Crippen LogP contribution in [0.2, 0.25) is 0 Å². The smallest absolute Gasteiger partial charge is 0.175 e. The van der Waals surface area contributed by atoms with Gasteiger partial charge >= 0.3 is 0 Å². The van der Waals surface area contributed by atoms with Gasteiger partial charge in [-0.05, 0) is 55.6 Å². The Labute approximate surface area is 170 Å². The molecule has 0 heterocycles. The van der Waals surface area contributed by atoms with E-state index in [-0.39, 0.29) is 22.3 Å². The molecule has 154 valence electrons. The number of rotatable bonds is 8. The summed E-state index contributed by atoms with van der Waals surface area (Å²) in [6.45, 7) is 1.32. The van der Waals surface area contributed by atoms with Crippen molar-refractivity contribution in [1.82, 2.24) is 5.32 Å². The molecule has 1 aliphatic rings. The van der Waals surface area contributed by atoms with E-state index in [0.717, 1.165) is 24.5 Å². The number of hydrogen-bond donors (Lipinski definition) is 1. The van der Waals surface area contributed by atoms with Crippen LogP contribution in [0.4, 0.5) is 4.39 Å². The quantitative estimate of drug-likeness (QED) is 0.660. The number of hydrogen-bond acceptors (Lipinski definition) is 6. The molecule has 0 amide bonds. The van der Waals surface area contributed by atoms with Crippen LogP contribution in [0.3, 0.4) is 0 Å². The second-order valence-corrected chi connectivity index (χ2v) is 8.99. The number of nitrogens with one attached hydrogen (secondary N) is 1. The van der Waals surface area contributed by atoms with Crippen molar-refractivity contribution in [2.45, 2.75) is 30.2 Å². The first-order chi connectivity index (χ1) is 13.8. The highest BCUT2D eigenvalue weighted by Gasteiger charge is 2.31. The van der Waals surface area contributed by atoms with Crippen LogP contribution in [-0.4, -0.2) is 34.9 Å². The van der Waals surface area contributed by atoms with Crippen LogP contribution in [0, 0.1) is 17.1 Å². The third-order valence-corrected chi connectivity index (χ3v) is 6.00. The highest BCUT2D eigenvalue weighted by atomic mass is 32.2. The molecule has 0 saturated carbocycles. The summed E-state index contributed by atoms with van der Waals surface area (Å²) >= 11 is 0. The number of nitriles is 1. The Balaban J connectivity index is 1.96. The summed E-state index contributed by atoms with van der Waals surface area (Å²) in [6, 6.07) is 8.69. The number of benzene rings is 2. The predicted molar refractivity (Wildman–Crippen MR) is 106 cm³/mol.